The summed E-state index contributed by atoms with van der Waals surface area (Å²) in [5.74, 6) is 0. The maximum atomic E-state index is 4.18. The number of pyridine rings is 1. The van der Waals surface area contributed by atoms with Gasteiger partial charge in [0.2, 0.25) is 0 Å². The molecule has 0 aliphatic rings. The molecule has 0 saturated carbocycles. The van der Waals surface area contributed by atoms with Gasteiger partial charge in [0.1, 0.15) is 5.52 Å². The first-order valence-corrected chi connectivity index (χ1v) is 3.52. The fourth-order valence-corrected chi connectivity index (χ4v) is 1.29. The zero-order chi connectivity index (χ0) is 7.84. The van der Waals surface area contributed by atoms with Crippen LogP contribution in [-0.4, -0.2) is 14.8 Å². The molecule has 2 rings (SSSR count). The van der Waals surface area contributed by atoms with E-state index in [2.05, 4.69) is 17.0 Å². The normalized spacial score (nSPS) is 10.7. The van der Waals surface area contributed by atoms with Gasteiger partial charge < -0.3 is 0 Å². The second-order valence-electron chi connectivity index (χ2n) is 2.63. The van der Waals surface area contributed by atoms with Gasteiger partial charge in [-0.1, -0.05) is 0 Å². The van der Waals surface area contributed by atoms with Crippen molar-refractivity contribution in [3.8, 4) is 0 Å². The van der Waals surface area contributed by atoms with Crippen molar-refractivity contribution in [2.24, 2.45) is 7.05 Å². The van der Waals surface area contributed by atoms with E-state index in [0.29, 0.717) is 0 Å². The van der Waals surface area contributed by atoms with Crippen LogP contribution in [0.2, 0.25) is 0 Å². The van der Waals surface area contributed by atoms with Crippen LogP contribution in [0.15, 0.2) is 18.5 Å². The molecule has 2 aromatic heterocycles. The predicted octanol–water partition coefficient (Wildman–Crippen LogP) is 1.28. The molecular weight excluding hydrogens is 138 g/mol. The van der Waals surface area contributed by atoms with Gasteiger partial charge in [0.15, 0.2) is 0 Å². The summed E-state index contributed by atoms with van der Waals surface area (Å²) in [4.78, 5) is 4.18. The van der Waals surface area contributed by atoms with Crippen LogP contribution >= 0.6 is 0 Å². The molecule has 0 aliphatic heterocycles. The number of rotatable bonds is 0. The minimum Gasteiger partial charge on any atom is -0.266 e. The summed E-state index contributed by atoms with van der Waals surface area (Å²) < 4.78 is 1.84. The van der Waals surface area contributed by atoms with Gasteiger partial charge in [-0.15, -0.1) is 0 Å². The van der Waals surface area contributed by atoms with Crippen LogP contribution in [0.5, 0.6) is 0 Å². The summed E-state index contributed by atoms with van der Waals surface area (Å²) in [6.45, 7) is 2.06. The van der Waals surface area contributed by atoms with Crippen LogP contribution in [0, 0.1) is 6.92 Å². The minimum absolute atomic E-state index is 0.965. The van der Waals surface area contributed by atoms with E-state index in [-0.39, 0.29) is 0 Å². The van der Waals surface area contributed by atoms with Crippen molar-refractivity contribution >= 4 is 11.0 Å². The molecular formula is C8H9N3. The second-order valence-corrected chi connectivity index (χ2v) is 2.63. The van der Waals surface area contributed by atoms with Crippen molar-refractivity contribution < 1.29 is 0 Å². The highest BCUT2D eigenvalue weighted by molar-refractivity contribution is 5.77. The molecule has 3 heteroatoms. The molecule has 0 bridgehead atoms. The van der Waals surface area contributed by atoms with Crippen LogP contribution in [0.3, 0.4) is 0 Å². The molecule has 0 aromatic carbocycles. The Balaban J connectivity index is 2.96. The predicted molar refractivity (Wildman–Crippen MR) is 43.2 cm³/mol. The third-order valence-corrected chi connectivity index (χ3v) is 1.83. The van der Waals surface area contributed by atoms with Crippen LogP contribution in [0.4, 0.5) is 0 Å². The molecule has 0 aliphatic carbocycles. The van der Waals surface area contributed by atoms with Gasteiger partial charge >= 0.3 is 0 Å². The Kier molecular flexibility index (Phi) is 1.18. The van der Waals surface area contributed by atoms with Crippen molar-refractivity contribution in [3.05, 3.63) is 24.0 Å². The quantitative estimate of drug-likeness (QED) is 0.562. The summed E-state index contributed by atoms with van der Waals surface area (Å²) in [6.07, 6.45) is 3.58. The Hall–Kier alpha value is -1.38. The molecule has 0 unspecified atom stereocenters. The first-order valence-electron chi connectivity index (χ1n) is 3.52. The number of nitrogens with zero attached hydrogens (tertiary/aromatic N) is 3. The van der Waals surface area contributed by atoms with Crippen LogP contribution in [0.1, 0.15) is 5.56 Å². The summed E-state index contributed by atoms with van der Waals surface area (Å²) in [6, 6.07) is 1.99. The molecule has 0 N–H and O–H groups in total. The Morgan fingerprint density at radius 3 is 3.00 bits per heavy atom. The lowest BCUT2D eigenvalue weighted by Crippen LogP contribution is -1.91. The number of aryl methyl sites for hydroxylation is 2. The lowest BCUT2D eigenvalue weighted by atomic mass is 10.2. The highest BCUT2D eigenvalue weighted by Crippen LogP contribution is 2.13. The van der Waals surface area contributed by atoms with Crippen molar-refractivity contribution in [1.29, 1.82) is 0 Å². The minimum atomic E-state index is 0.965. The van der Waals surface area contributed by atoms with Gasteiger partial charge in [0.25, 0.3) is 0 Å². The van der Waals surface area contributed by atoms with E-state index in [9.17, 15) is 0 Å². The SMILES string of the molecule is Cc1ccnc2cnn(C)c12. The van der Waals surface area contributed by atoms with Crippen LogP contribution < -0.4 is 0 Å². The average molecular weight is 147 g/mol. The highest BCUT2D eigenvalue weighted by atomic mass is 15.3. The molecule has 11 heavy (non-hydrogen) atoms. The highest BCUT2D eigenvalue weighted by Gasteiger charge is 2.01. The van der Waals surface area contributed by atoms with Gasteiger partial charge in [-0.2, -0.15) is 5.10 Å². The van der Waals surface area contributed by atoms with E-state index in [1.54, 1.807) is 12.4 Å². The molecule has 2 heterocycles. The van der Waals surface area contributed by atoms with Crippen molar-refractivity contribution in [2.75, 3.05) is 0 Å². The molecule has 0 amide bonds. The van der Waals surface area contributed by atoms with Crippen LogP contribution in [-0.2, 0) is 7.05 Å². The average Bonchev–Trinajstić information content (AvgIpc) is 2.34. The van der Waals surface area contributed by atoms with Gasteiger partial charge in [-0.25, -0.2) is 0 Å². The van der Waals surface area contributed by atoms with E-state index in [1.165, 1.54) is 5.56 Å². The van der Waals surface area contributed by atoms with Gasteiger partial charge in [0, 0.05) is 13.2 Å². The van der Waals surface area contributed by atoms with Crippen molar-refractivity contribution in [3.63, 3.8) is 0 Å². The number of fused-ring (bicyclic) bond motifs is 1. The first-order chi connectivity index (χ1) is 5.29. The molecule has 2 aromatic rings. The first kappa shape index (κ1) is 6.34. The van der Waals surface area contributed by atoms with E-state index in [0.717, 1.165) is 11.0 Å². The van der Waals surface area contributed by atoms with E-state index < -0.39 is 0 Å². The molecule has 3 nitrogen and oxygen atoms in total. The smallest absolute Gasteiger partial charge is 0.108 e. The largest absolute Gasteiger partial charge is 0.266 e. The Labute approximate surface area is 64.7 Å². The maximum Gasteiger partial charge on any atom is 0.108 e. The Morgan fingerprint density at radius 1 is 1.45 bits per heavy atom. The fourth-order valence-electron chi connectivity index (χ4n) is 1.29. The molecule has 0 spiro atoms. The lowest BCUT2D eigenvalue weighted by molar-refractivity contribution is 0.794. The maximum absolute atomic E-state index is 4.18. The topological polar surface area (TPSA) is 30.7 Å². The van der Waals surface area contributed by atoms with E-state index in [4.69, 9.17) is 0 Å². The van der Waals surface area contributed by atoms with Gasteiger partial charge in [0.05, 0.1) is 11.7 Å². The molecule has 0 atom stereocenters. The van der Waals surface area contributed by atoms with E-state index in [1.807, 2.05) is 17.8 Å². The standard InChI is InChI=1S/C8H9N3/c1-6-3-4-9-7-5-10-11(2)8(6)7/h3-5H,1-2H3. The summed E-state index contributed by atoms with van der Waals surface area (Å²) in [5, 5.41) is 4.11. The third kappa shape index (κ3) is 0.808. The van der Waals surface area contributed by atoms with Crippen molar-refractivity contribution in [2.45, 2.75) is 6.92 Å². The van der Waals surface area contributed by atoms with Crippen molar-refractivity contribution in [1.82, 2.24) is 14.8 Å². The molecule has 56 valence electrons. The van der Waals surface area contributed by atoms with Gasteiger partial charge in [-0.05, 0) is 18.6 Å². The monoisotopic (exact) mass is 147 g/mol. The molecule has 0 radical (unpaired) electrons. The summed E-state index contributed by atoms with van der Waals surface area (Å²) in [5.41, 5.74) is 3.30. The lowest BCUT2D eigenvalue weighted by Gasteiger charge is -1.96. The molecule has 0 saturated heterocycles. The third-order valence-electron chi connectivity index (χ3n) is 1.83. The summed E-state index contributed by atoms with van der Waals surface area (Å²) >= 11 is 0. The zero-order valence-corrected chi connectivity index (χ0v) is 6.57. The number of aromatic nitrogens is 3. The second kappa shape index (κ2) is 2.05. The Bertz CT molecular complexity index is 389. The molecule has 0 fully saturated rings. The number of hydrogen-bond donors (Lipinski definition) is 0. The zero-order valence-electron chi connectivity index (χ0n) is 6.57. The van der Waals surface area contributed by atoms with Crippen LogP contribution in [0.25, 0.3) is 11.0 Å². The van der Waals surface area contributed by atoms with E-state index >= 15 is 0 Å². The fraction of sp³-hybridized carbons (Fsp3) is 0.250. The number of hydrogen-bond acceptors (Lipinski definition) is 2. The Morgan fingerprint density at radius 2 is 2.27 bits per heavy atom. The van der Waals surface area contributed by atoms with Gasteiger partial charge in [-0.3, -0.25) is 9.67 Å². The summed E-state index contributed by atoms with van der Waals surface area (Å²) in [7, 11) is 1.93.